The Labute approximate surface area is 96.2 Å². The molecule has 1 aromatic carbocycles. The van der Waals surface area contributed by atoms with Gasteiger partial charge in [-0.1, -0.05) is 25.1 Å². The second-order valence-electron chi connectivity index (χ2n) is 4.51. The second-order valence-corrected chi connectivity index (χ2v) is 4.51. The molecule has 0 radical (unpaired) electrons. The lowest BCUT2D eigenvalue weighted by molar-refractivity contribution is -0.119. The van der Waals surface area contributed by atoms with Crippen LogP contribution in [0.3, 0.4) is 0 Å². The summed E-state index contributed by atoms with van der Waals surface area (Å²) in [6.45, 7) is 4.58. The molecule has 0 saturated heterocycles. The lowest BCUT2D eigenvalue weighted by atomic mass is 9.90. The van der Waals surface area contributed by atoms with Gasteiger partial charge in [0.15, 0.2) is 0 Å². The number of carbonyl (C=O) groups is 1. The van der Waals surface area contributed by atoms with Crippen LogP contribution >= 0.6 is 0 Å². The molecule has 0 bridgehead atoms. The molecule has 1 heterocycles. The number of carbonyl (C=O) groups excluding carboxylic acids is 1. The molecule has 0 aromatic heterocycles. The summed E-state index contributed by atoms with van der Waals surface area (Å²) in [7, 11) is 0. The monoisotopic (exact) mass is 218 g/mol. The van der Waals surface area contributed by atoms with Crippen LogP contribution in [0, 0.1) is 0 Å². The van der Waals surface area contributed by atoms with E-state index in [2.05, 4.69) is 13.0 Å². The van der Waals surface area contributed by atoms with E-state index in [1.165, 1.54) is 5.56 Å². The fourth-order valence-electron chi connectivity index (χ4n) is 2.32. The lowest BCUT2D eigenvalue weighted by Gasteiger charge is -2.36. The molecule has 86 valence electrons. The SMILES string of the molecule is CC1CC(=O)N(C(C)CN)c2ccccc21. The number of anilines is 1. The molecule has 0 fully saturated rings. The second kappa shape index (κ2) is 4.26. The van der Waals surface area contributed by atoms with Crippen molar-refractivity contribution in [1.29, 1.82) is 0 Å². The van der Waals surface area contributed by atoms with Gasteiger partial charge < -0.3 is 10.6 Å². The largest absolute Gasteiger partial charge is 0.328 e. The molecular formula is C13H18N2O. The van der Waals surface area contributed by atoms with E-state index < -0.39 is 0 Å². The standard InChI is InChI=1S/C13H18N2O/c1-9-7-13(16)15(10(2)8-14)12-6-4-3-5-11(9)12/h3-6,9-10H,7-8,14H2,1-2H3. The van der Waals surface area contributed by atoms with E-state index >= 15 is 0 Å². The van der Waals surface area contributed by atoms with Crippen molar-refractivity contribution in [2.24, 2.45) is 5.73 Å². The van der Waals surface area contributed by atoms with Gasteiger partial charge in [0.25, 0.3) is 0 Å². The van der Waals surface area contributed by atoms with Crippen LogP contribution < -0.4 is 10.6 Å². The van der Waals surface area contributed by atoms with Crippen LogP contribution in [0.4, 0.5) is 5.69 Å². The van der Waals surface area contributed by atoms with E-state index in [-0.39, 0.29) is 11.9 Å². The highest BCUT2D eigenvalue weighted by atomic mass is 16.2. The summed E-state index contributed by atoms with van der Waals surface area (Å²) in [5.41, 5.74) is 7.95. The quantitative estimate of drug-likeness (QED) is 0.823. The third-order valence-electron chi connectivity index (χ3n) is 3.26. The molecule has 2 N–H and O–H groups in total. The molecule has 3 nitrogen and oxygen atoms in total. The third-order valence-corrected chi connectivity index (χ3v) is 3.26. The summed E-state index contributed by atoms with van der Waals surface area (Å²) in [5.74, 6) is 0.495. The molecule has 2 unspecified atom stereocenters. The Morgan fingerprint density at radius 2 is 2.19 bits per heavy atom. The van der Waals surface area contributed by atoms with Crippen LogP contribution in [0.15, 0.2) is 24.3 Å². The molecule has 1 aliphatic rings. The highest BCUT2D eigenvalue weighted by Crippen LogP contribution is 2.36. The molecule has 0 saturated carbocycles. The Morgan fingerprint density at radius 1 is 1.50 bits per heavy atom. The van der Waals surface area contributed by atoms with Crippen LogP contribution in [0.2, 0.25) is 0 Å². The molecular weight excluding hydrogens is 200 g/mol. The molecule has 1 aliphatic heterocycles. The Kier molecular flexibility index (Phi) is 2.97. The van der Waals surface area contributed by atoms with E-state index in [0.29, 0.717) is 18.9 Å². The molecule has 2 atom stereocenters. The fraction of sp³-hybridized carbons (Fsp3) is 0.462. The molecule has 3 heteroatoms. The van der Waals surface area contributed by atoms with Gasteiger partial charge >= 0.3 is 0 Å². The zero-order valence-electron chi connectivity index (χ0n) is 9.81. The Morgan fingerprint density at radius 3 is 2.88 bits per heavy atom. The maximum Gasteiger partial charge on any atom is 0.227 e. The number of nitrogens with two attached hydrogens (primary N) is 1. The average Bonchev–Trinajstić information content (AvgIpc) is 2.28. The van der Waals surface area contributed by atoms with Crippen LogP contribution in [0.1, 0.15) is 31.7 Å². The minimum Gasteiger partial charge on any atom is -0.328 e. The van der Waals surface area contributed by atoms with Gasteiger partial charge in [0.1, 0.15) is 0 Å². The van der Waals surface area contributed by atoms with E-state index in [1.54, 1.807) is 0 Å². The molecule has 1 amide bonds. The maximum atomic E-state index is 12.0. The Bertz CT molecular complexity index is 403. The molecule has 16 heavy (non-hydrogen) atoms. The Balaban J connectivity index is 2.47. The number of rotatable bonds is 2. The molecule has 0 aliphatic carbocycles. The van der Waals surface area contributed by atoms with Crippen molar-refractivity contribution in [3.63, 3.8) is 0 Å². The van der Waals surface area contributed by atoms with Gasteiger partial charge in [0.2, 0.25) is 5.91 Å². The van der Waals surface area contributed by atoms with Crippen LogP contribution in [0.5, 0.6) is 0 Å². The zero-order chi connectivity index (χ0) is 11.7. The number of nitrogens with zero attached hydrogens (tertiary/aromatic N) is 1. The number of fused-ring (bicyclic) bond motifs is 1. The first-order chi connectivity index (χ1) is 7.65. The zero-order valence-corrected chi connectivity index (χ0v) is 9.81. The fourth-order valence-corrected chi connectivity index (χ4v) is 2.32. The van der Waals surface area contributed by atoms with Crippen molar-refractivity contribution in [2.45, 2.75) is 32.2 Å². The summed E-state index contributed by atoms with van der Waals surface area (Å²) in [6.07, 6.45) is 0.585. The number of hydrogen-bond donors (Lipinski definition) is 1. The number of benzene rings is 1. The topological polar surface area (TPSA) is 46.3 Å². The van der Waals surface area contributed by atoms with Crippen molar-refractivity contribution in [3.05, 3.63) is 29.8 Å². The van der Waals surface area contributed by atoms with Gasteiger partial charge in [-0.15, -0.1) is 0 Å². The van der Waals surface area contributed by atoms with Crippen molar-refractivity contribution >= 4 is 11.6 Å². The van der Waals surface area contributed by atoms with Gasteiger partial charge in [0.05, 0.1) is 0 Å². The van der Waals surface area contributed by atoms with Gasteiger partial charge in [0, 0.05) is 24.7 Å². The minimum atomic E-state index is 0.0705. The number of para-hydroxylation sites is 1. The van der Waals surface area contributed by atoms with E-state index in [4.69, 9.17) is 5.73 Å². The van der Waals surface area contributed by atoms with Gasteiger partial charge in [-0.25, -0.2) is 0 Å². The van der Waals surface area contributed by atoms with E-state index in [0.717, 1.165) is 5.69 Å². The normalized spacial score (nSPS) is 21.8. The molecule has 2 rings (SSSR count). The summed E-state index contributed by atoms with van der Waals surface area (Å²) in [6, 6.07) is 8.18. The van der Waals surface area contributed by atoms with Crippen molar-refractivity contribution in [2.75, 3.05) is 11.4 Å². The number of amides is 1. The van der Waals surface area contributed by atoms with E-state index in [1.807, 2.05) is 30.0 Å². The van der Waals surface area contributed by atoms with Crippen molar-refractivity contribution in [1.82, 2.24) is 0 Å². The maximum absolute atomic E-state index is 12.0. The lowest BCUT2D eigenvalue weighted by Crippen LogP contribution is -2.45. The van der Waals surface area contributed by atoms with Crippen molar-refractivity contribution in [3.8, 4) is 0 Å². The highest BCUT2D eigenvalue weighted by Gasteiger charge is 2.30. The average molecular weight is 218 g/mol. The molecule has 1 aromatic rings. The smallest absolute Gasteiger partial charge is 0.227 e. The summed E-state index contributed by atoms with van der Waals surface area (Å²) in [4.78, 5) is 13.9. The first-order valence-electron chi connectivity index (χ1n) is 5.76. The van der Waals surface area contributed by atoms with E-state index in [9.17, 15) is 4.79 Å². The predicted octanol–water partition coefficient (Wildman–Crippen LogP) is 1.87. The summed E-state index contributed by atoms with van der Waals surface area (Å²) < 4.78 is 0. The summed E-state index contributed by atoms with van der Waals surface area (Å²) in [5, 5.41) is 0. The number of hydrogen-bond acceptors (Lipinski definition) is 2. The Hall–Kier alpha value is -1.35. The summed E-state index contributed by atoms with van der Waals surface area (Å²) >= 11 is 0. The third kappa shape index (κ3) is 1.71. The van der Waals surface area contributed by atoms with Crippen LogP contribution in [-0.2, 0) is 4.79 Å². The molecule has 0 spiro atoms. The van der Waals surface area contributed by atoms with Crippen LogP contribution in [0.25, 0.3) is 0 Å². The van der Waals surface area contributed by atoms with Crippen LogP contribution in [-0.4, -0.2) is 18.5 Å². The minimum absolute atomic E-state index is 0.0705. The first-order valence-corrected chi connectivity index (χ1v) is 5.76. The van der Waals surface area contributed by atoms with Gasteiger partial charge in [-0.2, -0.15) is 0 Å². The van der Waals surface area contributed by atoms with Gasteiger partial charge in [-0.3, -0.25) is 4.79 Å². The van der Waals surface area contributed by atoms with Crippen molar-refractivity contribution < 1.29 is 4.79 Å². The predicted molar refractivity (Wildman–Crippen MR) is 65.5 cm³/mol. The first kappa shape index (κ1) is 11.1. The highest BCUT2D eigenvalue weighted by molar-refractivity contribution is 5.97. The van der Waals surface area contributed by atoms with Gasteiger partial charge in [-0.05, 0) is 24.5 Å².